The first-order chi connectivity index (χ1) is 22.0. The quantitative estimate of drug-likeness (QED) is 0.301. The number of hydrogen-bond donors (Lipinski definition) is 1. The van der Waals surface area contributed by atoms with Crippen LogP contribution in [-0.2, 0) is 27.3 Å². The molecule has 0 bridgehead atoms. The molecule has 4 rings (SSSR count). The number of urea groups is 1. The molecule has 2 heterocycles. The van der Waals surface area contributed by atoms with Gasteiger partial charge in [0.25, 0.3) is 10.1 Å². The SMILES string of the molecule is CC(=O)N1CCN([C@H]2CCN([14C](=O)N(C)[C@H](C)c3cc(C(F)(F)F)cc(C(F)(F)F)c3)[C@@H](c3ccc(F)cc3C)C2)CC1.CS(=O)(=O)O. The summed E-state index contributed by atoms with van der Waals surface area (Å²) < 4.78 is 121. The van der Waals surface area contributed by atoms with Crippen molar-refractivity contribution in [2.75, 3.05) is 46.0 Å². The minimum Gasteiger partial charge on any atom is -0.340 e. The van der Waals surface area contributed by atoms with Gasteiger partial charge >= 0.3 is 18.4 Å². The van der Waals surface area contributed by atoms with Crippen LogP contribution in [0.4, 0.5) is 35.5 Å². The Morgan fingerprint density at radius 3 is 1.96 bits per heavy atom. The Bertz CT molecular complexity index is 1540. The Labute approximate surface area is 275 Å². The summed E-state index contributed by atoms with van der Waals surface area (Å²) in [7, 11) is -2.32. The monoisotopic (exact) mass is 714 g/mol. The molecule has 48 heavy (non-hydrogen) atoms. The molecule has 2 aromatic rings. The fourth-order valence-electron chi connectivity index (χ4n) is 6.03. The fraction of sp³-hybridized carbons (Fsp3) is 0.548. The van der Waals surface area contributed by atoms with Crippen molar-refractivity contribution in [3.05, 3.63) is 70.0 Å². The molecule has 2 aliphatic rings. The summed E-state index contributed by atoms with van der Waals surface area (Å²) in [6.45, 7) is 7.36. The second-order valence-electron chi connectivity index (χ2n) is 12.1. The van der Waals surface area contributed by atoms with E-state index in [0.29, 0.717) is 68.5 Å². The van der Waals surface area contributed by atoms with Crippen molar-refractivity contribution >= 4 is 22.1 Å². The third kappa shape index (κ3) is 10.3. The lowest BCUT2D eigenvalue weighted by molar-refractivity contribution is -0.143. The lowest BCUT2D eigenvalue weighted by Gasteiger charge is -2.47. The van der Waals surface area contributed by atoms with E-state index in [0.717, 1.165) is 4.90 Å². The fourth-order valence-corrected chi connectivity index (χ4v) is 6.03. The largest absolute Gasteiger partial charge is 0.416 e. The van der Waals surface area contributed by atoms with E-state index in [9.17, 15) is 48.7 Å². The van der Waals surface area contributed by atoms with E-state index in [-0.39, 0.29) is 30.1 Å². The normalized spacial score (nSPS) is 20.1. The van der Waals surface area contributed by atoms with Gasteiger partial charge in [0.2, 0.25) is 5.91 Å². The van der Waals surface area contributed by atoms with Crippen LogP contribution < -0.4 is 0 Å². The summed E-state index contributed by atoms with van der Waals surface area (Å²) >= 11 is 0. The van der Waals surface area contributed by atoms with Crippen LogP contribution in [0.1, 0.15) is 66.6 Å². The van der Waals surface area contributed by atoms with E-state index in [1.54, 1.807) is 22.8 Å². The molecule has 0 aromatic heterocycles. The summed E-state index contributed by atoms with van der Waals surface area (Å²) in [5.41, 5.74) is -1.87. The Morgan fingerprint density at radius 1 is 0.979 bits per heavy atom. The molecular weight excluding hydrogens is 675 g/mol. The Balaban J connectivity index is 0.00000116. The number of piperidine rings is 1. The zero-order valence-electron chi connectivity index (χ0n) is 27.1. The molecule has 0 aliphatic carbocycles. The first kappa shape index (κ1) is 39.0. The number of amides is 3. The summed E-state index contributed by atoms with van der Waals surface area (Å²) in [4.78, 5) is 32.4. The Morgan fingerprint density at radius 2 is 1.50 bits per heavy atom. The number of aryl methyl sites for hydroxylation is 1. The molecule has 268 valence electrons. The number of halogens is 7. The lowest BCUT2D eigenvalue weighted by Crippen LogP contribution is -2.56. The molecule has 3 atom stereocenters. The molecule has 2 aliphatic heterocycles. The molecule has 2 saturated heterocycles. The Kier molecular flexibility index (Phi) is 12.2. The highest BCUT2D eigenvalue weighted by atomic mass is 32.2. The molecule has 9 nitrogen and oxygen atoms in total. The van der Waals surface area contributed by atoms with Crippen molar-refractivity contribution in [1.82, 2.24) is 19.6 Å². The van der Waals surface area contributed by atoms with Crippen LogP contribution in [0.3, 0.4) is 0 Å². The highest BCUT2D eigenvalue weighted by molar-refractivity contribution is 7.85. The third-order valence-electron chi connectivity index (χ3n) is 8.66. The molecule has 17 heteroatoms. The minimum absolute atomic E-state index is 0.000149. The van der Waals surface area contributed by atoms with Gasteiger partial charge in [0.1, 0.15) is 5.82 Å². The molecule has 3 amide bonds. The van der Waals surface area contributed by atoms with Gasteiger partial charge in [-0.25, -0.2) is 9.18 Å². The van der Waals surface area contributed by atoms with Crippen LogP contribution in [0, 0.1) is 12.7 Å². The number of piperazine rings is 1. The molecule has 2 fully saturated rings. The number of likely N-dealkylation sites (tertiary alicyclic amines) is 1. The van der Waals surface area contributed by atoms with Crippen molar-refractivity contribution in [2.24, 2.45) is 0 Å². The average Bonchev–Trinajstić information content (AvgIpc) is 2.98. The van der Waals surface area contributed by atoms with Crippen LogP contribution >= 0.6 is 0 Å². The summed E-state index contributed by atoms with van der Waals surface area (Å²) in [6, 6.07) is 3.46. The number of nitrogens with zero attached hydrogens (tertiary/aromatic N) is 4. The highest BCUT2D eigenvalue weighted by Gasteiger charge is 2.40. The van der Waals surface area contributed by atoms with Gasteiger partial charge in [0.15, 0.2) is 0 Å². The maximum Gasteiger partial charge on any atom is 0.416 e. The molecule has 0 radical (unpaired) electrons. The predicted octanol–water partition coefficient (Wildman–Crippen LogP) is 6.16. The first-order valence-corrected chi connectivity index (χ1v) is 16.8. The number of alkyl halides is 6. The minimum atomic E-state index is -5.01. The zero-order valence-corrected chi connectivity index (χ0v) is 27.9. The van der Waals surface area contributed by atoms with Crippen molar-refractivity contribution in [3.8, 4) is 0 Å². The van der Waals surface area contributed by atoms with Gasteiger partial charge in [-0.15, -0.1) is 0 Å². The molecule has 1 N–H and O–H groups in total. The van der Waals surface area contributed by atoms with Crippen molar-refractivity contribution < 1.29 is 53.3 Å². The van der Waals surface area contributed by atoms with E-state index >= 15 is 0 Å². The second-order valence-corrected chi connectivity index (χ2v) is 13.5. The van der Waals surface area contributed by atoms with Crippen molar-refractivity contribution in [3.63, 3.8) is 0 Å². The van der Waals surface area contributed by atoms with E-state index in [2.05, 4.69) is 4.90 Å². The maximum absolute atomic E-state index is 14.0. The summed E-state index contributed by atoms with van der Waals surface area (Å²) in [5, 5.41) is 0. The van der Waals surface area contributed by atoms with E-state index in [4.69, 9.17) is 4.55 Å². The number of benzene rings is 2. The number of rotatable bonds is 4. The summed E-state index contributed by atoms with van der Waals surface area (Å²) in [5.74, 6) is -0.442. The molecule has 0 saturated carbocycles. The average molecular weight is 715 g/mol. The van der Waals surface area contributed by atoms with Crippen LogP contribution in [0.25, 0.3) is 0 Å². The van der Waals surface area contributed by atoms with Gasteiger partial charge in [-0.1, -0.05) is 6.07 Å². The standard InChI is InChI=1S/C30H35F7N4O2.CH4O3S/c1-18-13-24(31)5-6-26(18)27-17-25(40-11-9-39(10-12-40)20(3)42)7-8-41(27)28(43)38(4)19(2)21-14-22(29(32,33)34)16-23(15-21)30(35,36)37;1-5(2,3)4/h5-6,13-16,19,25,27H,7-12,17H2,1-4H3;1H3,(H,2,3,4)/t19-,25+,27-;/m1./s1/i28+2;. The first-order valence-electron chi connectivity index (χ1n) is 15.0. The van der Waals surface area contributed by atoms with Crippen molar-refractivity contribution in [2.45, 2.75) is 64.1 Å². The van der Waals surface area contributed by atoms with Gasteiger partial charge in [-0.3, -0.25) is 14.2 Å². The topological polar surface area (TPSA) is 101 Å². The van der Waals surface area contributed by atoms with Crippen LogP contribution in [0.2, 0.25) is 0 Å². The smallest absolute Gasteiger partial charge is 0.340 e. The van der Waals surface area contributed by atoms with Gasteiger partial charge in [0, 0.05) is 52.7 Å². The second kappa shape index (κ2) is 15.0. The zero-order chi connectivity index (χ0) is 36.4. The molecule has 0 spiro atoms. The highest BCUT2D eigenvalue weighted by Crippen LogP contribution is 2.40. The van der Waals surface area contributed by atoms with Crippen molar-refractivity contribution in [1.29, 1.82) is 0 Å². The van der Waals surface area contributed by atoms with Crippen LogP contribution in [0.15, 0.2) is 36.4 Å². The van der Waals surface area contributed by atoms with E-state index in [1.165, 1.54) is 33.0 Å². The van der Waals surface area contributed by atoms with Gasteiger partial charge in [0.05, 0.1) is 29.5 Å². The maximum atomic E-state index is 14.0. The molecular formula is C31H39F7N4O5S. The van der Waals surface area contributed by atoms with E-state index < -0.39 is 57.5 Å². The molecule has 2 aromatic carbocycles. The van der Waals surface area contributed by atoms with Crippen LogP contribution in [0.5, 0.6) is 0 Å². The van der Waals surface area contributed by atoms with Gasteiger partial charge < -0.3 is 14.7 Å². The van der Waals surface area contributed by atoms with E-state index in [1.807, 2.05) is 0 Å². The number of carbonyl (C=O) groups excluding carboxylic acids is 2. The Hall–Kier alpha value is -3.44. The predicted molar refractivity (Wildman–Crippen MR) is 163 cm³/mol. The van der Waals surface area contributed by atoms with Gasteiger partial charge in [-0.2, -0.15) is 34.8 Å². The number of hydrogen-bond acceptors (Lipinski definition) is 5. The lowest BCUT2D eigenvalue weighted by atomic mass is 9.89. The third-order valence-corrected chi connectivity index (χ3v) is 8.66. The molecule has 0 unspecified atom stereocenters. The van der Waals surface area contributed by atoms with Gasteiger partial charge in [-0.05, 0) is 73.7 Å². The summed E-state index contributed by atoms with van der Waals surface area (Å²) in [6.07, 6.45) is -8.25. The number of carbonyl (C=O) groups is 2. The van der Waals surface area contributed by atoms with Crippen LogP contribution in [-0.4, -0.2) is 96.6 Å².